The zero-order valence-corrected chi connectivity index (χ0v) is 14.9. The fraction of sp³-hybridized carbons (Fsp3) is 0.400. The van der Waals surface area contributed by atoms with Crippen LogP contribution in [0.5, 0.6) is 0 Å². The van der Waals surface area contributed by atoms with Crippen LogP contribution in [0.3, 0.4) is 0 Å². The fourth-order valence-corrected chi connectivity index (χ4v) is 4.07. The highest BCUT2D eigenvalue weighted by Gasteiger charge is 2.21. The third-order valence-electron chi connectivity index (χ3n) is 4.27. The Morgan fingerprint density at radius 1 is 1.21 bits per heavy atom. The first-order valence-corrected chi connectivity index (χ1v) is 8.96. The maximum Gasteiger partial charge on any atom is 0.229 e. The molecule has 0 spiro atoms. The van der Waals surface area contributed by atoms with Crippen LogP contribution >= 0.6 is 22.9 Å². The topological polar surface area (TPSA) is 76.1 Å². The van der Waals surface area contributed by atoms with Crippen molar-refractivity contribution in [2.75, 3.05) is 36.8 Å². The van der Waals surface area contributed by atoms with Crippen LogP contribution in [0.1, 0.15) is 4.88 Å². The maximum absolute atomic E-state index is 6.06. The van der Waals surface area contributed by atoms with Gasteiger partial charge in [0.1, 0.15) is 5.82 Å². The van der Waals surface area contributed by atoms with Gasteiger partial charge in [-0.3, -0.25) is 9.58 Å². The molecule has 126 valence electrons. The van der Waals surface area contributed by atoms with E-state index in [1.165, 1.54) is 4.88 Å². The lowest BCUT2D eigenvalue weighted by atomic mass is 10.3. The quantitative estimate of drug-likeness (QED) is 0.766. The predicted octanol–water partition coefficient (Wildman–Crippen LogP) is 1.98. The molecule has 0 unspecified atom stereocenters. The maximum atomic E-state index is 6.06. The van der Waals surface area contributed by atoms with Gasteiger partial charge in [-0.05, 0) is 12.1 Å². The number of thiophene rings is 1. The zero-order chi connectivity index (χ0) is 16.7. The summed E-state index contributed by atoms with van der Waals surface area (Å²) in [7, 11) is 1.86. The average Bonchev–Trinajstić information content (AvgIpc) is 3.15. The zero-order valence-electron chi connectivity index (χ0n) is 13.3. The van der Waals surface area contributed by atoms with Gasteiger partial charge in [-0.1, -0.05) is 11.6 Å². The van der Waals surface area contributed by atoms with Crippen LogP contribution in [0, 0.1) is 0 Å². The van der Waals surface area contributed by atoms with Gasteiger partial charge in [0.05, 0.1) is 15.9 Å². The number of nitrogens with zero attached hydrogens (tertiary/aromatic N) is 6. The van der Waals surface area contributed by atoms with E-state index < -0.39 is 0 Å². The summed E-state index contributed by atoms with van der Waals surface area (Å²) in [5, 5.41) is 5.00. The Kier molecular flexibility index (Phi) is 4.03. The van der Waals surface area contributed by atoms with E-state index in [-0.39, 0.29) is 0 Å². The minimum Gasteiger partial charge on any atom is -0.383 e. The largest absolute Gasteiger partial charge is 0.383 e. The van der Waals surface area contributed by atoms with Crippen LogP contribution in [0.15, 0.2) is 18.3 Å². The lowest BCUT2D eigenvalue weighted by Crippen LogP contribution is -2.46. The smallest absolute Gasteiger partial charge is 0.229 e. The van der Waals surface area contributed by atoms with Gasteiger partial charge in [0.2, 0.25) is 5.95 Å². The molecule has 24 heavy (non-hydrogen) atoms. The van der Waals surface area contributed by atoms with Crippen molar-refractivity contribution in [2.45, 2.75) is 6.54 Å². The summed E-state index contributed by atoms with van der Waals surface area (Å²) in [5.41, 5.74) is 6.83. The molecular formula is C15H18ClN7S. The summed E-state index contributed by atoms with van der Waals surface area (Å²) < 4.78 is 2.57. The molecule has 0 aliphatic carbocycles. The second-order valence-electron chi connectivity index (χ2n) is 5.88. The van der Waals surface area contributed by atoms with E-state index in [1.54, 1.807) is 22.2 Å². The Bertz CT molecular complexity index is 866. The SMILES string of the molecule is Cn1ncc2c(N)nc(N3CCN(Cc4ccc(Cl)s4)CC3)nc21. The molecule has 0 bridgehead atoms. The number of anilines is 2. The van der Waals surface area contributed by atoms with Crippen molar-refractivity contribution < 1.29 is 0 Å². The number of hydrogen-bond donors (Lipinski definition) is 1. The first kappa shape index (κ1) is 15.6. The van der Waals surface area contributed by atoms with Gasteiger partial charge in [0.25, 0.3) is 0 Å². The van der Waals surface area contributed by atoms with Crippen molar-refractivity contribution in [2.24, 2.45) is 7.05 Å². The molecule has 1 aliphatic heterocycles. The highest BCUT2D eigenvalue weighted by atomic mass is 35.5. The molecule has 4 heterocycles. The van der Waals surface area contributed by atoms with Crippen molar-refractivity contribution in [3.63, 3.8) is 0 Å². The number of aromatic nitrogens is 4. The third kappa shape index (κ3) is 2.92. The van der Waals surface area contributed by atoms with E-state index in [9.17, 15) is 0 Å². The molecule has 9 heteroatoms. The molecule has 0 aromatic carbocycles. The van der Waals surface area contributed by atoms with Crippen molar-refractivity contribution in [1.29, 1.82) is 0 Å². The van der Waals surface area contributed by atoms with E-state index in [0.29, 0.717) is 11.8 Å². The van der Waals surface area contributed by atoms with E-state index in [0.717, 1.165) is 48.1 Å². The normalized spacial score (nSPS) is 16.2. The minimum absolute atomic E-state index is 0.485. The molecule has 0 amide bonds. The summed E-state index contributed by atoms with van der Waals surface area (Å²) in [4.78, 5) is 15.0. The van der Waals surface area contributed by atoms with Crippen LogP contribution in [0.4, 0.5) is 11.8 Å². The van der Waals surface area contributed by atoms with Crippen molar-refractivity contribution >= 4 is 45.7 Å². The van der Waals surface area contributed by atoms with Crippen molar-refractivity contribution in [3.8, 4) is 0 Å². The standard InChI is InChI=1S/C15H18ClN7S/c1-21-14-11(8-18-21)13(17)19-15(20-14)23-6-4-22(5-7-23)9-10-2-3-12(16)24-10/h2-3,8H,4-7,9H2,1H3,(H2,17,19,20). The second-order valence-corrected chi connectivity index (χ2v) is 7.68. The Morgan fingerprint density at radius 2 is 2.00 bits per heavy atom. The Morgan fingerprint density at radius 3 is 2.71 bits per heavy atom. The molecule has 3 aromatic rings. The molecule has 3 aromatic heterocycles. The number of nitrogens with two attached hydrogens (primary N) is 1. The summed E-state index contributed by atoms with van der Waals surface area (Å²) in [6.45, 7) is 4.61. The van der Waals surface area contributed by atoms with E-state index in [2.05, 4.69) is 30.9 Å². The fourth-order valence-electron chi connectivity index (χ4n) is 2.94. The molecule has 1 fully saturated rings. The van der Waals surface area contributed by atoms with E-state index >= 15 is 0 Å². The van der Waals surface area contributed by atoms with Gasteiger partial charge in [-0.15, -0.1) is 11.3 Å². The van der Waals surface area contributed by atoms with Gasteiger partial charge in [-0.25, -0.2) is 0 Å². The molecule has 0 saturated carbocycles. The lowest BCUT2D eigenvalue weighted by Gasteiger charge is -2.34. The third-order valence-corrected chi connectivity index (χ3v) is 5.49. The molecule has 2 N–H and O–H groups in total. The Balaban J connectivity index is 1.46. The van der Waals surface area contributed by atoms with Crippen LogP contribution in [0.25, 0.3) is 11.0 Å². The highest BCUT2D eigenvalue weighted by Crippen LogP contribution is 2.24. The number of fused-ring (bicyclic) bond motifs is 1. The predicted molar refractivity (Wildman–Crippen MR) is 97.5 cm³/mol. The first-order valence-electron chi connectivity index (χ1n) is 7.77. The first-order chi connectivity index (χ1) is 11.6. The van der Waals surface area contributed by atoms with Crippen LogP contribution in [-0.4, -0.2) is 50.8 Å². The second kappa shape index (κ2) is 6.19. The van der Waals surface area contributed by atoms with E-state index in [1.807, 2.05) is 13.1 Å². The van der Waals surface area contributed by atoms with Gasteiger partial charge in [0.15, 0.2) is 5.65 Å². The molecule has 0 radical (unpaired) electrons. The van der Waals surface area contributed by atoms with Crippen LogP contribution in [-0.2, 0) is 13.6 Å². The molecule has 1 saturated heterocycles. The average molecular weight is 364 g/mol. The summed E-state index contributed by atoms with van der Waals surface area (Å²) in [6, 6.07) is 4.05. The summed E-state index contributed by atoms with van der Waals surface area (Å²) in [5.74, 6) is 1.17. The molecule has 1 aliphatic rings. The lowest BCUT2D eigenvalue weighted by molar-refractivity contribution is 0.251. The van der Waals surface area contributed by atoms with Gasteiger partial charge >= 0.3 is 0 Å². The van der Waals surface area contributed by atoms with Crippen molar-refractivity contribution in [3.05, 3.63) is 27.5 Å². The van der Waals surface area contributed by atoms with Gasteiger partial charge in [0, 0.05) is 44.6 Å². The van der Waals surface area contributed by atoms with Gasteiger partial charge in [-0.2, -0.15) is 15.1 Å². The monoisotopic (exact) mass is 363 g/mol. The molecule has 7 nitrogen and oxygen atoms in total. The number of piperazine rings is 1. The molecular weight excluding hydrogens is 346 g/mol. The number of halogens is 1. The number of hydrogen-bond acceptors (Lipinski definition) is 7. The van der Waals surface area contributed by atoms with E-state index in [4.69, 9.17) is 17.3 Å². The Hall–Kier alpha value is -1.90. The van der Waals surface area contributed by atoms with Crippen molar-refractivity contribution in [1.82, 2.24) is 24.6 Å². The highest BCUT2D eigenvalue weighted by molar-refractivity contribution is 7.16. The van der Waals surface area contributed by atoms with Crippen LogP contribution in [0.2, 0.25) is 4.34 Å². The van der Waals surface area contributed by atoms with Gasteiger partial charge < -0.3 is 10.6 Å². The number of aryl methyl sites for hydroxylation is 1. The summed E-state index contributed by atoms with van der Waals surface area (Å²) in [6.07, 6.45) is 1.71. The summed E-state index contributed by atoms with van der Waals surface area (Å²) >= 11 is 7.65. The number of rotatable bonds is 3. The van der Waals surface area contributed by atoms with Crippen LogP contribution < -0.4 is 10.6 Å². The number of nitrogen functional groups attached to an aromatic ring is 1. The molecule has 0 atom stereocenters. The minimum atomic E-state index is 0.485. The molecule has 4 rings (SSSR count). The Labute approximate surface area is 148 Å².